The molecule has 2 aromatic heterocycles. The molecule has 1 saturated heterocycles. The molecule has 1 unspecified atom stereocenters. The molecule has 1 saturated carbocycles. The predicted octanol–water partition coefficient (Wildman–Crippen LogP) is 2.66. The molecule has 1 aliphatic heterocycles. The summed E-state index contributed by atoms with van der Waals surface area (Å²) in [5.41, 5.74) is 5.89. The van der Waals surface area contributed by atoms with Crippen LogP contribution in [0.15, 0.2) is 18.6 Å². The fraction of sp³-hybridized carbons (Fsp3) is 0.571. The number of likely N-dealkylation sites (tertiary alicyclic amines) is 1. The number of piperidine rings is 1. The standard InChI is InChI=1S/C21H30N8O3/c1-21(2,3)32-20(31)28-8-4-5-15(12-28)29-11-14(9-24-29)26-19-23-10-16(17(22)30)18(27-19)25-13-6-7-13/h9-11,13,15H,4-8,12H2,1-3H3,(H2,22,30)(H2,23,25,26,27). The Labute approximate surface area is 186 Å². The summed E-state index contributed by atoms with van der Waals surface area (Å²) >= 11 is 0. The predicted molar refractivity (Wildman–Crippen MR) is 119 cm³/mol. The number of nitrogens with zero attached hydrogens (tertiary/aromatic N) is 5. The number of carbonyl (C=O) groups is 2. The average Bonchev–Trinajstić information content (AvgIpc) is 3.41. The highest BCUT2D eigenvalue weighted by Crippen LogP contribution is 2.27. The maximum absolute atomic E-state index is 12.4. The second-order valence-corrected chi connectivity index (χ2v) is 9.30. The molecule has 172 valence electrons. The summed E-state index contributed by atoms with van der Waals surface area (Å²) in [5.74, 6) is 0.210. The van der Waals surface area contributed by atoms with Crippen molar-refractivity contribution in [1.82, 2.24) is 24.6 Å². The monoisotopic (exact) mass is 442 g/mol. The van der Waals surface area contributed by atoms with Gasteiger partial charge in [-0.15, -0.1) is 0 Å². The summed E-state index contributed by atoms with van der Waals surface area (Å²) in [4.78, 5) is 34.4. The fourth-order valence-corrected chi connectivity index (χ4v) is 3.55. The van der Waals surface area contributed by atoms with Crippen LogP contribution in [0.5, 0.6) is 0 Å². The fourth-order valence-electron chi connectivity index (χ4n) is 3.55. The second kappa shape index (κ2) is 8.64. The molecule has 32 heavy (non-hydrogen) atoms. The van der Waals surface area contributed by atoms with E-state index in [-0.39, 0.29) is 17.7 Å². The van der Waals surface area contributed by atoms with Crippen molar-refractivity contribution in [3.05, 3.63) is 24.2 Å². The van der Waals surface area contributed by atoms with E-state index in [1.54, 1.807) is 11.1 Å². The Bertz CT molecular complexity index is 995. The Hall–Kier alpha value is -3.37. The van der Waals surface area contributed by atoms with Crippen molar-refractivity contribution >= 4 is 29.5 Å². The van der Waals surface area contributed by atoms with Gasteiger partial charge in [0.25, 0.3) is 5.91 Å². The van der Waals surface area contributed by atoms with Crippen molar-refractivity contribution in [3.63, 3.8) is 0 Å². The number of nitrogens with one attached hydrogen (secondary N) is 2. The lowest BCUT2D eigenvalue weighted by atomic mass is 10.1. The van der Waals surface area contributed by atoms with Gasteiger partial charge in [0.15, 0.2) is 0 Å². The summed E-state index contributed by atoms with van der Waals surface area (Å²) in [6, 6.07) is 0.370. The van der Waals surface area contributed by atoms with Crippen LogP contribution in [0, 0.1) is 0 Å². The highest BCUT2D eigenvalue weighted by molar-refractivity contribution is 5.97. The average molecular weight is 443 g/mol. The molecule has 2 aromatic rings. The van der Waals surface area contributed by atoms with Gasteiger partial charge in [0.1, 0.15) is 11.4 Å². The Morgan fingerprint density at radius 2 is 2.00 bits per heavy atom. The maximum atomic E-state index is 12.4. The van der Waals surface area contributed by atoms with Crippen LogP contribution in [0.3, 0.4) is 0 Å². The van der Waals surface area contributed by atoms with E-state index >= 15 is 0 Å². The van der Waals surface area contributed by atoms with Gasteiger partial charge >= 0.3 is 6.09 Å². The number of nitrogens with two attached hydrogens (primary N) is 1. The van der Waals surface area contributed by atoms with Gasteiger partial charge in [-0.25, -0.2) is 9.78 Å². The molecule has 2 aliphatic rings. The largest absolute Gasteiger partial charge is 0.444 e. The Balaban J connectivity index is 1.42. The molecule has 0 spiro atoms. The zero-order valence-corrected chi connectivity index (χ0v) is 18.7. The van der Waals surface area contributed by atoms with Gasteiger partial charge in [-0.2, -0.15) is 10.1 Å². The van der Waals surface area contributed by atoms with Crippen LogP contribution in [0.25, 0.3) is 0 Å². The first kappa shape index (κ1) is 21.8. The van der Waals surface area contributed by atoms with Crippen LogP contribution in [-0.4, -0.2) is 61.4 Å². The molecule has 1 atom stereocenters. The van der Waals surface area contributed by atoms with Crippen LogP contribution >= 0.6 is 0 Å². The van der Waals surface area contributed by atoms with Crippen LogP contribution in [0.2, 0.25) is 0 Å². The van der Waals surface area contributed by atoms with E-state index in [2.05, 4.69) is 25.7 Å². The third-order valence-corrected chi connectivity index (χ3v) is 5.25. The first-order valence-corrected chi connectivity index (χ1v) is 10.9. The zero-order chi connectivity index (χ0) is 22.9. The summed E-state index contributed by atoms with van der Waals surface area (Å²) in [5, 5.41) is 10.8. The van der Waals surface area contributed by atoms with Gasteiger partial charge in [-0.05, 0) is 46.5 Å². The van der Waals surface area contributed by atoms with E-state index in [0.717, 1.165) is 25.7 Å². The normalized spacial score (nSPS) is 18.8. The number of hydrogen-bond donors (Lipinski definition) is 3. The van der Waals surface area contributed by atoms with E-state index < -0.39 is 11.5 Å². The molecule has 3 heterocycles. The van der Waals surface area contributed by atoms with Gasteiger partial charge < -0.3 is 26.0 Å². The van der Waals surface area contributed by atoms with E-state index in [9.17, 15) is 9.59 Å². The molecule has 2 fully saturated rings. The van der Waals surface area contributed by atoms with Crippen molar-refractivity contribution in [1.29, 1.82) is 0 Å². The van der Waals surface area contributed by atoms with E-state index in [0.29, 0.717) is 36.6 Å². The highest BCUT2D eigenvalue weighted by atomic mass is 16.6. The van der Waals surface area contributed by atoms with Crippen molar-refractivity contribution < 1.29 is 14.3 Å². The molecule has 0 aromatic carbocycles. The summed E-state index contributed by atoms with van der Waals surface area (Å²) in [6.45, 7) is 6.80. The van der Waals surface area contributed by atoms with Crippen LogP contribution < -0.4 is 16.4 Å². The molecule has 11 nitrogen and oxygen atoms in total. The van der Waals surface area contributed by atoms with Gasteiger partial charge in [0.2, 0.25) is 5.95 Å². The lowest BCUT2D eigenvalue weighted by Gasteiger charge is -2.34. The molecule has 0 bridgehead atoms. The zero-order valence-electron chi connectivity index (χ0n) is 18.7. The molecule has 0 radical (unpaired) electrons. The first-order valence-electron chi connectivity index (χ1n) is 10.9. The summed E-state index contributed by atoms with van der Waals surface area (Å²) in [7, 11) is 0. The van der Waals surface area contributed by atoms with E-state index in [4.69, 9.17) is 10.5 Å². The Kier molecular flexibility index (Phi) is 5.90. The number of rotatable bonds is 6. The molecule has 11 heteroatoms. The quantitative estimate of drug-likeness (QED) is 0.620. The van der Waals surface area contributed by atoms with E-state index in [1.165, 1.54) is 6.20 Å². The lowest BCUT2D eigenvalue weighted by Crippen LogP contribution is -2.43. The molecular formula is C21H30N8O3. The van der Waals surface area contributed by atoms with Crippen LogP contribution in [-0.2, 0) is 4.74 Å². The van der Waals surface area contributed by atoms with Gasteiger partial charge in [-0.1, -0.05) is 0 Å². The first-order chi connectivity index (χ1) is 15.2. The minimum Gasteiger partial charge on any atom is -0.444 e. The molecule has 4 N–H and O–H groups in total. The Morgan fingerprint density at radius 1 is 1.22 bits per heavy atom. The topological polar surface area (TPSA) is 140 Å². The number of carbonyl (C=O) groups excluding carboxylic acids is 2. The number of hydrogen-bond acceptors (Lipinski definition) is 8. The van der Waals surface area contributed by atoms with Crippen molar-refractivity contribution in [2.45, 2.75) is 64.1 Å². The number of primary amides is 1. The minimum absolute atomic E-state index is 0.0528. The van der Waals surface area contributed by atoms with E-state index in [1.807, 2.05) is 31.6 Å². The van der Waals surface area contributed by atoms with Crippen molar-refractivity contribution in [2.75, 3.05) is 23.7 Å². The number of ether oxygens (including phenoxy) is 1. The van der Waals surface area contributed by atoms with Crippen LogP contribution in [0.1, 0.15) is 62.9 Å². The second-order valence-electron chi connectivity index (χ2n) is 9.30. The lowest BCUT2D eigenvalue weighted by molar-refractivity contribution is 0.0167. The number of anilines is 3. The smallest absolute Gasteiger partial charge is 0.410 e. The van der Waals surface area contributed by atoms with Crippen LogP contribution in [0.4, 0.5) is 22.2 Å². The highest BCUT2D eigenvalue weighted by Gasteiger charge is 2.29. The number of amides is 2. The molecule has 2 amide bonds. The third-order valence-electron chi connectivity index (χ3n) is 5.25. The SMILES string of the molecule is CC(C)(C)OC(=O)N1CCCC(n2cc(Nc3ncc(C(N)=O)c(NC4CC4)n3)cn2)C1. The van der Waals surface area contributed by atoms with Gasteiger partial charge in [-0.3, -0.25) is 9.48 Å². The summed E-state index contributed by atoms with van der Waals surface area (Å²) in [6.07, 6.45) is 8.55. The van der Waals surface area contributed by atoms with Gasteiger partial charge in [0, 0.05) is 31.5 Å². The Morgan fingerprint density at radius 3 is 2.69 bits per heavy atom. The van der Waals surface area contributed by atoms with Crippen molar-refractivity contribution in [2.24, 2.45) is 5.73 Å². The maximum Gasteiger partial charge on any atom is 0.410 e. The molecular weight excluding hydrogens is 412 g/mol. The van der Waals surface area contributed by atoms with Gasteiger partial charge in [0.05, 0.1) is 23.5 Å². The molecule has 4 rings (SSSR count). The minimum atomic E-state index is -0.570. The summed E-state index contributed by atoms with van der Waals surface area (Å²) < 4.78 is 7.35. The van der Waals surface area contributed by atoms with Crippen molar-refractivity contribution in [3.8, 4) is 0 Å². The molecule has 1 aliphatic carbocycles. The third kappa shape index (κ3) is 5.45. The number of aromatic nitrogens is 4.